The van der Waals surface area contributed by atoms with Crippen LogP contribution in [0.25, 0.3) is 0 Å². The van der Waals surface area contributed by atoms with Crippen LogP contribution in [0.2, 0.25) is 0 Å². The predicted octanol–water partition coefficient (Wildman–Crippen LogP) is 1.40. The van der Waals surface area contributed by atoms with Crippen LogP contribution in [0.4, 0.5) is 0 Å². The van der Waals surface area contributed by atoms with Crippen LogP contribution >= 0.6 is 15.9 Å². The number of halogens is 1. The molecule has 60 valence electrons. The molecule has 0 spiro atoms. The Morgan fingerprint density at radius 1 is 1.36 bits per heavy atom. The fourth-order valence-corrected chi connectivity index (χ4v) is 1.35. The molecule has 3 N–H and O–H groups in total. The summed E-state index contributed by atoms with van der Waals surface area (Å²) < 4.78 is 0.996. The predicted molar refractivity (Wildman–Crippen MR) is 48.0 cm³/mol. The zero-order chi connectivity index (χ0) is 8.27. The first-order chi connectivity index (χ1) is 5.27. The van der Waals surface area contributed by atoms with Crippen LogP contribution < -0.4 is 5.73 Å². The minimum Gasteiger partial charge on any atom is -0.392 e. The summed E-state index contributed by atoms with van der Waals surface area (Å²) in [4.78, 5) is 0. The van der Waals surface area contributed by atoms with Gasteiger partial charge in [0.15, 0.2) is 0 Å². The van der Waals surface area contributed by atoms with Gasteiger partial charge in [-0.25, -0.2) is 0 Å². The normalized spacial score (nSPS) is 10.1. The first-order valence-corrected chi connectivity index (χ1v) is 4.15. The fraction of sp³-hybridized carbons (Fsp3) is 0.250. The van der Waals surface area contributed by atoms with E-state index in [0.29, 0.717) is 6.54 Å². The van der Waals surface area contributed by atoms with Gasteiger partial charge < -0.3 is 10.8 Å². The third kappa shape index (κ3) is 2.02. The van der Waals surface area contributed by atoms with Crippen LogP contribution in [0, 0.1) is 0 Å². The summed E-state index contributed by atoms with van der Waals surface area (Å²) in [6.07, 6.45) is 0. The van der Waals surface area contributed by atoms with Gasteiger partial charge in [0.1, 0.15) is 0 Å². The van der Waals surface area contributed by atoms with Gasteiger partial charge in [-0.1, -0.05) is 22.0 Å². The van der Waals surface area contributed by atoms with E-state index in [2.05, 4.69) is 15.9 Å². The van der Waals surface area contributed by atoms with Crippen molar-refractivity contribution in [3.05, 3.63) is 33.8 Å². The highest BCUT2D eigenvalue weighted by Gasteiger charge is 1.98. The molecule has 0 aromatic heterocycles. The molecule has 0 fully saturated rings. The van der Waals surface area contributed by atoms with Crippen molar-refractivity contribution >= 4 is 15.9 Å². The van der Waals surface area contributed by atoms with Crippen molar-refractivity contribution in [1.29, 1.82) is 0 Å². The quantitative estimate of drug-likeness (QED) is 0.784. The van der Waals surface area contributed by atoms with Crippen LogP contribution in [-0.4, -0.2) is 5.11 Å². The first kappa shape index (κ1) is 8.71. The Balaban J connectivity index is 3.06. The van der Waals surface area contributed by atoms with Crippen molar-refractivity contribution in [3.63, 3.8) is 0 Å². The Hall–Kier alpha value is -0.380. The lowest BCUT2D eigenvalue weighted by atomic mass is 10.1. The molecule has 1 rings (SSSR count). The van der Waals surface area contributed by atoms with E-state index in [1.807, 2.05) is 18.2 Å². The molecule has 0 aliphatic rings. The first-order valence-electron chi connectivity index (χ1n) is 3.36. The minimum atomic E-state index is 0.0554. The molecule has 0 atom stereocenters. The van der Waals surface area contributed by atoms with E-state index in [9.17, 15) is 0 Å². The Kier molecular flexibility index (Phi) is 3.05. The molecule has 11 heavy (non-hydrogen) atoms. The van der Waals surface area contributed by atoms with Crippen LogP contribution in [-0.2, 0) is 13.2 Å². The van der Waals surface area contributed by atoms with Gasteiger partial charge in [-0.2, -0.15) is 0 Å². The van der Waals surface area contributed by atoms with E-state index >= 15 is 0 Å². The molecule has 0 heterocycles. The molecule has 2 nitrogen and oxygen atoms in total. The van der Waals surface area contributed by atoms with Gasteiger partial charge in [0.2, 0.25) is 0 Å². The molecule has 0 aliphatic heterocycles. The molecular weight excluding hydrogens is 206 g/mol. The third-order valence-corrected chi connectivity index (χ3v) is 2.05. The summed E-state index contributed by atoms with van der Waals surface area (Å²) >= 11 is 3.33. The van der Waals surface area contributed by atoms with E-state index in [1.165, 1.54) is 0 Å². The molecule has 1 aromatic rings. The minimum absolute atomic E-state index is 0.0554. The van der Waals surface area contributed by atoms with Gasteiger partial charge in [-0.15, -0.1) is 0 Å². The molecule has 0 unspecified atom stereocenters. The molecule has 3 heteroatoms. The molecule has 0 saturated carbocycles. The molecule has 0 saturated heterocycles. The maximum Gasteiger partial charge on any atom is 0.0685 e. The lowest BCUT2D eigenvalue weighted by molar-refractivity contribution is 0.280. The van der Waals surface area contributed by atoms with Crippen LogP contribution in [0.1, 0.15) is 11.1 Å². The zero-order valence-electron chi connectivity index (χ0n) is 6.05. The summed E-state index contributed by atoms with van der Waals surface area (Å²) in [6.45, 7) is 0.523. The van der Waals surface area contributed by atoms with Crippen molar-refractivity contribution in [2.45, 2.75) is 13.2 Å². The van der Waals surface area contributed by atoms with E-state index in [0.717, 1.165) is 15.6 Å². The van der Waals surface area contributed by atoms with E-state index in [-0.39, 0.29) is 6.61 Å². The molecule has 0 aliphatic carbocycles. The average molecular weight is 216 g/mol. The topological polar surface area (TPSA) is 46.2 Å². The monoisotopic (exact) mass is 215 g/mol. The summed E-state index contributed by atoms with van der Waals surface area (Å²) in [5.74, 6) is 0. The van der Waals surface area contributed by atoms with Gasteiger partial charge in [0.05, 0.1) is 6.61 Å². The number of aliphatic hydroxyl groups is 1. The Morgan fingerprint density at radius 3 is 2.64 bits per heavy atom. The second-order valence-corrected chi connectivity index (χ2v) is 3.19. The van der Waals surface area contributed by atoms with Crippen molar-refractivity contribution in [2.75, 3.05) is 0 Å². The van der Waals surface area contributed by atoms with Crippen molar-refractivity contribution in [3.8, 4) is 0 Å². The zero-order valence-corrected chi connectivity index (χ0v) is 7.63. The Labute approximate surface area is 74.2 Å². The summed E-state index contributed by atoms with van der Waals surface area (Å²) in [5.41, 5.74) is 7.35. The number of aliphatic hydroxyl groups excluding tert-OH is 1. The summed E-state index contributed by atoms with van der Waals surface area (Å²) in [7, 11) is 0. The van der Waals surface area contributed by atoms with Crippen LogP contribution in [0.15, 0.2) is 22.7 Å². The fourth-order valence-electron chi connectivity index (χ4n) is 0.939. The SMILES string of the molecule is NCc1cc(Br)ccc1CO. The van der Waals surface area contributed by atoms with E-state index < -0.39 is 0 Å². The molecular formula is C8H10BrNO. The number of benzene rings is 1. The highest BCUT2D eigenvalue weighted by Crippen LogP contribution is 2.15. The van der Waals surface area contributed by atoms with E-state index in [4.69, 9.17) is 10.8 Å². The molecule has 0 radical (unpaired) electrons. The average Bonchev–Trinajstić information content (AvgIpc) is 2.04. The Bertz CT molecular complexity index is 250. The van der Waals surface area contributed by atoms with Crippen LogP contribution in [0.5, 0.6) is 0 Å². The number of hydrogen-bond donors (Lipinski definition) is 2. The maximum atomic E-state index is 8.87. The van der Waals surface area contributed by atoms with Crippen molar-refractivity contribution < 1.29 is 5.11 Å². The molecule has 0 bridgehead atoms. The van der Waals surface area contributed by atoms with Gasteiger partial charge in [0.25, 0.3) is 0 Å². The second kappa shape index (κ2) is 3.85. The lowest BCUT2D eigenvalue weighted by Crippen LogP contribution is -2.01. The largest absolute Gasteiger partial charge is 0.392 e. The molecule has 1 aromatic carbocycles. The van der Waals surface area contributed by atoms with Gasteiger partial charge >= 0.3 is 0 Å². The maximum absolute atomic E-state index is 8.87. The standard InChI is InChI=1S/C8H10BrNO/c9-8-2-1-6(5-11)7(3-8)4-10/h1-3,11H,4-5,10H2. The summed E-state index contributed by atoms with van der Waals surface area (Å²) in [5, 5.41) is 8.87. The van der Waals surface area contributed by atoms with Crippen molar-refractivity contribution in [2.24, 2.45) is 5.73 Å². The highest BCUT2D eigenvalue weighted by atomic mass is 79.9. The third-order valence-electron chi connectivity index (χ3n) is 1.56. The van der Waals surface area contributed by atoms with Gasteiger partial charge in [-0.05, 0) is 23.3 Å². The van der Waals surface area contributed by atoms with Crippen LogP contribution in [0.3, 0.4) is 0 Å². The Morgan fingerprint density at radius 2 is 2.09 bits per heavy atom. The lowest BCUT2D eigenvalue weighted by Gasteiger charge is -2.04. The number of nitrogens with two attached hydrogens (primary N) is 1. The number of hydrogen-bond acceptors (Lipinski definition) is 2. The van der Waals surface area contributed by atoms with Gasteiger partial charge in [-0.3, -0.25) is 0 Å². The van der Waals surface area contributed by atoms with Crippen molar-refractivity contribution in [1.82, 2.24) is 0 Å². The summed E-state index contributed by atoms with van der Waals surface area (Å²) in [6, 6.07) is 5.68. The number of rotatable bonds is 2. The molecule has 0 amide bonds. The second-order valence-electron chi connectivity index (χ2n) is 2.28. The smallest absolute Gasteiger partial charge is 0.0685 e. The van der Waals surface area contributed by atoms with Gasteiger partial charge in [0, 0.05) is 11.0 Å². The van der Waals surface area contributed by atoms with E-state index in [1.54, 1.807) is 0 Å². The highest BCUT2D eigenvalue weighted by molar-refractivity contribution is 9.10.